The molecule has 1 aromatic heterocycles. The van der Waals surface area contributed by atoms with E-state index in [9.17, 15) is 24.8 Å². The summed E-state index contributed by atoms with van der Waals surface area (Å²) in [7, 11) is 0. The van der Waals surface area contributed by atoms with Crippen molar-refractivity contribution < 1.29 is 24.4 Å². The molecule has 0 saturated carbocycles. The molecule has 1 saturated heterocycles. The maximum absolute atomic E-state index is 13.3. The zero-order valence-corrected chi connectivity index (χ0v) is 19.8. The number of hydrogen-bond donors (Lipinski definition) is 1. The first kappa shape index (κ1) is 23.2. The number of benzene rings is 3. The number of nitro groups is 1. The molecule has 1 amide bonds. The Morgan fingerprint density at radius 3 is 2.50 bits per heavy atom. The highest BCUT2D eigenvalue weighted by Crippen LogP contribution is 2.44. The highest BCUT2D eigenvalue weighted by Gasteiger charge is 2.48. The van der Waals surface area contributed by atoms with Gasteiger partial charge in [-0.05, 0) is 42.8 Å². The molecule has 0 radical (unpaired) electrons. The molecule has 1 atom stereocenters. The van der Waals surface area contributed by atoms with Gasteiger partial charge < -0.3 is 9.84 Å². The van der Waals surface area contributed by atoms with Crippen molar-refractivity contribution in [2.45, 2.75) is 13.0 Å². The third-order valence-corrected chi connectivity index (χ3v) is 6.79. The number of ketones is 1. The fourth-order valence-corrected chi connectivity index (χ4v) is 5.15. The second kappa shape index (κ2) is 9.23. The molecule has 1 aliphatic rings. The number of nitrogens with zero attached hydrogens (tertiary/aromatic N) is 3. The number of aliphatic hydroxyl groups excluding tert-OH is 1. The lowest BCUT2D eigenvalue weighted by Crippen LogP contribution is -2.29. The Balaban J connectivity index is 1.69. The quantitative estimate of drug-likeness (QED) is 0.126. The van der Waals surface area contributed by atoms with Crippen LogP contribution in [0.4, 0.5) is 10.8 Å². The maximum Gasteiger partial charge on any atom is 0.301 e. The molecular formula is C26H19N3O6S. The number of hydrogen-bond acceptors (Lipinski definition) is 8. The standard InChI is InChI=1S/C26H19N3O6S/c1-2-35-18-12-13-19-20(14-18)36-26(27-19)28-22(15-8-10-17(11-9-15)29(33)34)21(24(31)25(28)32)23(30)16-6-4-3-5-7-16/h3-14,22,30H,2H2,1H3/b23-21+/t22-/m1/s1. The number of carbonyl (C=O) groups is 2. The topological polar surface area (TPSA) is 123 Å². The fraction of sp³-hybridized carbons (Fsp3) is 0.115. The molecule has 36 heavy (non-hydrogen) atoms. The van der Waals surface area contributed by atoms with Crippen LogP contribution in [0.2, 0.25) is 0 Å². The van der Waals surface area contributed by atoms with Crippen LogP contribution >= 0.6 is 11.3 Å². The molecule has 9 nitrogen and oxygen atoms in total. The van der Waals surface area contributed by atoms with E-state index in [0.717, 1.165) is 4.70 Å². The third-order valence-electron chi connectivity index (χ3n) is 5.78. The molecule has 1 aliphatic heterocycles. The Bertz CT molecular complexity index is 1530. The minimum atomic E-state index is -1.03. The van der Waals surface area contributed by atoms with Crippen molar-refractivity contribution in [1.82, 2.24) is 4.98 Å². The number of anilines is 1. The van der Waals surface area contributed by atoms with Crippen molar-refractivity contribution in [3.05, 3.63) is 99.6 Å². The number of Topliss-reactive ketones (excluding diaryl/α,β-unsaturated/α-hetero) is 1. The largest absolute Gasteiger partial charge is 0.507 e. The number of amides is 1. The molecule has 4 aromatic rings. The fourth-order valence-electron chi connectivity index (χ4n) is 4.13. The predicted molar refractivity (Wildman–Crippen MR) is 135 cm³/mol. The monoisotopic (exact) mass is 501 g/mol. The highest BCUT2D eigenvalue weighted by molar-refractivity contribution is 7.22. The van der Waals surface area contributed by atoms with Crippen molar-refractivity contribution >= 4 is 49.8 Å². The number of aromatic nitrogens is 1. The molecule has 0 unspecified atom stereocenters. The average molecular weight is 502 g/mol. The Labute approximate surface area is 209 Å². The lowest BCUT2D eigenvalue weighted by Gasteiger charge is -2.22. The molecule has 0 spiro atoms. The Kier molecular flexibility index (Phi) is 5.95. The summed E-state index contributed by atoms with van der Waals surface area (Å²) in [6.07, 6.45) is 0. The molecule has 2 heterocycles. The van der Waals surface area contributed by atoms with Gasteiger partial charge in [0.25, 0.3) is 11.5 Å². The van der Waals surface area contributed by atoms with Gasteiger partial charge in [0, 0.05) is 17.7 Å². The van der Waals surface area contributed by atoms with Crippen LogP contribution in [0, 0.1) is 10.1 Å². The molecule has 10 heteroatoms. The summed E-state index contributed by atoms with van der Waals surface area (Å²) >= 11 is 1.21. The number of ether oxygens (including phenoxy) is 1. The van der Waals surface area contributed by atoms with Crippen LogP contribution in [0.1, 0.15) is 24.1 Å². The molecule has 1 N–H and O–H groups in total. The highest BCUT2D eigenvalue weighted by atomic mass is 32.1. The van der Waals surface area contributed by atoms with E-state index < -0.39 is 22.7 Å². The molecule has 0 aliphatic carbocycles. The predicted octanol–water partition coefficient (Wildman–Crippen LogP) is 5.23. The summed E-state index contributed by atoms with van der Waals surface area (Å²) in [6.45, 7) is 2.37. The Hall–Kier alpha value is -4.57. The summed E-state index contributed by atoms with van der Waals surface area (Å²) in [4.78, 5) is 43.0. The molecule has 3 aromatic carbocycles. The molecule has 1 fully saturated rings. The van der Waals surface area contributed by atoms with E-state index in [-0.39, 0.29) is 22.2 Å². The zero-order valence-electron chi connectivity index (χ0n) is 19.0. The number of carbonyl (C=O) groups excluding carboxylic acids is 2. The minimum absolute atomic E-state index is 0.116. The first-order valence-electron chi connectivity index (χ1n) is 11.0. The van der Waals surface area contributed by atoms with Gasteiger partial charge in [0.1, 0.15) is 11.5 Å². The normalized spacial score (nSPS) is 17.0. The zero-order chi connectivity index (χ0) is 25.4. The van der Waals surface area contributed by atoms with Crippen LogP contribution in [0.25, 0.3) is 16.0 Å². The maximum atomic E-state index is 13.3. The van der Waals surface area contributed by atoms with Crippen LogP contribution in [0.15, 0.2) is 78.4 Å². The Morgan fingerprint density at radius 1 is 1.11 bits per heavy atom. The van der Waals surface area contributed by atoms with Gasteiger partial charge in [0.2, 0.25) is 0 Å². The van der Waals surface area contributed by atoms with Crippen LogP contribution in [0.5, 0.6) is 5.75 Å². The van der Waals surface area contributed by atoms with Gasteiger partial charge in [-0.15, -0.1) is 0 Å². The number of fused-ring (bicyclic) bond motifs is 1. The van der Waals surface area contributed by atoms with E-state index in [1.54, 1.807) is 48.5 Å². The van der Waals surface area contributed by atoms with Crippen molar-refractivity contribution in [3.8, 4) is 5.75 Å². The van der Waals surface area contributed by atoms with E-state index in [1.165, 1.54) is 40.5 Å². The lowest BCUT2D eigenvalue weighted by molar-refractivity contribution is -0.384. The SMILES string of the molecule is CCOc1ccc2nc(N3C(=O)C(=O)/C(=C(/O)c4ccccc4)[C@H]3c3ccc([N+](=O)[O-])cc3)sc2c1. The summed E-state index contributed by atoms with van der Waals surface area (Å²) in [5.74, 6) is -1.40. The summed E-state index contributed by atoms with van der Waals surface area (Å²) in [5.41, 5.74) is 1.15. The summed E-state index contributed by atoms with van der Waals surface area (Å²) < 4.78 is 6.31. The van der Waals surface area contributed by atoms with Gasteiger partial charge in [-0.25, -0.2) is 4.98 Å². The van der Waals surface area contributed by atoms with Crippen molar-refractivity contribution in [3.63, 3.8) is 0 Å². The Morgan fingerprint density at radius 2 is 1.83 bits per heavy atom. The number of rotatable bonds is 6. The van der Waals surface area contributed by atoms with Crippen LogP contribution in [-0.4, -0.2) is 33.3 Å². The van der Waals surface area contributed by atoms with Gasteiger partial charge in [-0.1, -0.05) is 41.7 Å². The first-order valence-corrected chi connectivity index (χ1v) is 11.8. The van der Waals surface area contributed by atoms with Crippen LogP contribution < -0.4 is 9.64 Å². The van der Waals surface area contributed by atoms with Crippen LogP contribution in [-0.2, 0) is 9.59 Å². The van der Waals surface area contributed by atoms with E-state index in [1.807, 2.05) is 6.92 Å². The van der Waals surface area contributed by atoms with E-state index in [0.29, 0.717) is 29.0 Å². The van der Waals surface area contributed by atoms with E-state index >= 15 is 0 Å². The smallest absolute Gasteiger partial charge is 0.301 e. The lowest BCUT2D eigenvalue weighted by atomic mass is 9.95. The van der Waals surface area contributed by atoms with Crippen LogP contribution in [0.3, 0.4) is 0 Å². The number of nitro benzene ring substituents is 1. The third kappa shape index (κ3) is 3.97. The molecule has 5 rings (SSSR count). The second-order valence-electron chi connectivity index (χ2n) is 7.94. The van der Waals surface area contributed by atoms with Gasteiger partial charge in [-0.3, -0.25) is 24.6 Å². The van der Waals surface area contributed by atoms with Gasteiger partial charge in [0.05, 0.1) is 33.4 Å². The average Bonchev–Trinajstić information content (AvgIpc) is 3.42. The van der Waals surface area contributed by atoms with Crippen molar-refractivity contribution in [2.75, 3.05) is 11.5 Å². The number of aliphatic hydroxyl groups is 1. The minimum Gasteiger partial charge on any atom is -0.507 e. The van der Waals surface area contributed by atoms with Gasteiger partial charge >= 0.3 is 5.91 Å². The van der Waals surface area contributed by atoms with Crippen molar-refractivity contribution in [2.24, 2.45) is 0 Å². The molecular weight excluding hydrogens is 482 g/mol. The van der Waals surface area contributed by atoms with Gasteiger partial charge in [0.15, 0.2) is 5.13 Å². The van der Waals surface area contributed by atoms with Gasteiger partial charge in [-0.2, -0.15) is 0 Å². The summed E-state index contributed by atoms with van der Waals surface area (Å²) in [5, 5.41) is 22.6. The molecule has 180 valence electrons. The van der Waals surface area contributed by atoms with E-state index in [2.05, 4.69) is 4.98 Å². The van der Waals surface area contributed by atoms with E-state index in [4.69, 9.17) is 4.74 Å². The summed E-state index contributed by atoms with van der Waals surface area (Å²) in [6, 6.07) is 18.3. The second-order valence-corrected chi connectivity index (χ2v) is 8.95. The number of non-ortho nitro benzene ring substituents is 1. The van der Waals surface area contributed by atoms with Crippen molar-refractivity contribution in [1.29, 1.82) is 0 Å². The molecule has 0 bridgehead atoms. The number of thiazole rings is 1. The first-order chi connectivity index (χ1) is 17.4.